The van der Waals surface area contributed by atoms with E-state index in [0.717, 1.165) is 33.4 Å². The first-order valence-corrected chi connectivity index (χ1v) is 8.31. The largest absolute Gasteiger partial charge is 0.345 e. The molecule has 0 aliphatic carbocycles. The summed E-state index contributed by atoms with van der Waals surface area (Å²) in [5, 5.41) is 1.41. The van der Waals surface area contributed by atoms with Gasteiger partial charge in [0.1, 0.15) is 17.3 Å². The maximum absolute atomic E-state index is 14.0. The molecule has 0 radical (unpaired) electrons. The van der Waals surface area contributed by atoms with Crippen molar-refractivity contribution in [2.75, 3.05) is 11.4 Å². The maximum atomic E-state index is 14.0. The molecule has 6 heteroatoms. The lowest BCUT2D eigenvalue weighted by Gasteiger charge is -2.30. The van der Waals surface area contributed by atoms with Crippen molar-refractivity contribution in [2.45, 2.75) is 13.8 Å². The molecular formula is C19H16ClFN4. The Kier molecular flexibility index (Phi) is 3.81. The highest BCUT2D eigenvalue weighted by Crippen LogP contribution is 2.31. The molecule has 3 aromatic rings. The van der Waals surface area contributed by atoms with E-state index in [1.54, 1.807) is 6.20 Å². The van der Waals surface area contributed by atoms with Gasteiger partial charge in [0.2, 0.25) is 0 Å². The summed E-state index contributed by atoms with van der Waals surface area (Å²) in [5.74, 6) is 0.400. The van der Waals surface area contributed by atoms with Gasteiger partial charge in [0.15, 0.2) is 0 Å². The summed E-state index contributed by atoms with van der Waals surface area (Å²) in [4.78, 5) is 13.7. The lowest BCUT2D eigenvalue weighted by atomic mass is 10.1. The van der Waals surface area contributed by atoms with E-state index in [2.05, 4.69) is 15.0 Å². The van der Waals surface area contributed by atoms with Gasteiger partial charge in [-0.05, 0) is 31.0 Å². The number of nitrogens with zero attached hydrogens (tertiary/aromatic N) is 3. The van der Waals surface area contributed by atoms with Crippen molar-refractivity contribution in [1.29, 1.82) is 0 Å². The van der Waals surface area contributed by atoms with Gasteiger partial charge >= 0.3 is 0 Å². The monoisotopic (exact) mass is 354 g/mol. The number of pyridine rings is 1. The minimum atomic E-state index is -0.276. The molecule has 0 atom stereocenters. The van der Waals surface area contributed by atoms with Gasteiger partial charge in [0.05, 0.1) is 17.8 Å². The average molecular weight is 355 g/mol. The Morgan fingerprint density at radius 1 is 1.24 bits per heavy atom. The van der Waals surface area contributed by atoms with Crippen LogP contribution in [-0.2, 0) is 0 Å². The minimum absolute atomic E-state index is 0.144. The quantitative estimate of drug-likeness (QED) is 0.710. The van der Waals surface area contributed by atoms with Crippen molar-refractivity contribution in [3.8, 4) is 0 Å². The third kappa shape index (κ3) is 2.70. The number of aryl methyl sites for hydroxylation is 2. The van der Waals surface area contributed by atoms with Crippen molar-refractivity contribution < 1.29 is 4.39 Å². The summed E-state index contributed by atoms with van der Waals surface area (Å²) in [6, 6.07) is 7.87. The zero-order valence-corrected chi connectivity index (χ0v) is 14.6. The number of rotatable bonds is 2. The number of aliphatic imine (C=N–C) groups is 1. The van der Waals surface area contributed by atoms with Crippen molar-refractivity contribution >= 4 is 34.2 Å². The molecule has 3 heterocycles. The smallest absolute Gasteiger partial charge is 0.142 e. The van der Waals surface area contributed by atoms with Crippen LogP contribution < -0.4 is 4.90 Å². The van der Waals surface area contributed by atoms with Crippen molar-refractivity contribution in [2.24, 2.45) is 4.99 Å². The Balaban J connectivity index is 1.92. The van der Waals surface area contributed by atoms with Crippen LogP contribution in [0.25, 0.3) is 11.0 Å². The Labute approximate surface area is 149 Å². The zero-order chi connectivity index (χ0) is 17.6. The van der Waals surface area contributed by atoms with E-state index in [1.165, 1.54) is 6.20 Å². The Morgan fingerprint density at radius 2 is 2.00 bits per heavy atom. The molecule has 0 amide bonds. The van der Waals surface area contributed by atoms with Gasteiger partial charge in [0.25, 0.3) is 0 Å². The first kappa shape index (κ1) is 15.8. The normalized spacial score (nSPS) is 14.6. The van der Waals surface area contributed by atoms with Gasteiger partial charge in [-0.1, -0.05) is 29.8 Å². The molecule has 0 saturated carbocycles. The topological polar surface area (TPSA) is 44.3 Å². The third-order valence-electron chi connectivity index (χ3n) is 4.34. The van der Waals surface area contributed by atoms with Crippen LogP contribution in [0.1, 0.15) is 16.7 Å². The first-order valence-electron chi connectivity index (χ1n) is 7.93. The molecule has 0 fully saturated rings. The Hall–Kier alpha value is -2.66. The number of amidine groups is 1. The summed E-state index contributed by atoms with van der Waals surface area (Å²) < 4.78 is 14.0. The number of H-pyrrole nitrogens is 1. The SMILES string of the molecule is Cc1cccc(C)c1N1CC(F)=CN=C1c1c[nH]c2ncc(Cl)cc12. The fraction of sp³-hybridized carbons (Fsp3) is 0.158. The van der Waals surface area contributed by atoms with Crippen LogP contribution in [0.2, 0.25) is 5.02 Å². The molecule has 1 aliphatic rings. The molecule has 2 aromatic heterocycles. The Morgan fingerprint density at radius 3 is 2.76 bits per heavy atom. The summed E-state index contributed by atoms with van der Waals surface area (Å²) in [6.45, 7) is 4.18. The predicted octanol–water partition coefficient (Wildman–Crippen LogP) is 4.91. The fourth-order valence-electron chi connectivity index (χ4n) is 3.26. The van der Waals surface area contributed by atoms with Gasteiger partial charge < -0.3 is 9.88 Å². The van der Waals surface area contributed by atoms with Crippen molar-refractivity contribution in [3.05, 3.63) is 70.4 Å². The summed E-state index contributed by atoms with van der Waals surface area (Å²) in [5.41, 5.74) is 4.67. The number of fused-ring (bicyclic) bond motifs is 1. The second-order valence-corrected chi connectivity index (χ2v) is 6.54. The molecular weight excluding hydrogens is 339 g/mol. The van der Waals surface area contributed by atoms with E-state index >= 15 is 0 Å². The highest BCUT2D eigenvalue weighted by Gasteiger charge is 2.25. The molecule has 1 aromatic carbocycles. The van der Waals surface area contributed by atoms with E-state index in [-0.39, 0.29) is 12.4 Å². The first-order chi connectivity index (χ1) is 12.0. The van der Waals surface area contributed by atoms with Crippen LogP contribution in [0.15, 0.2) is 53.7 Å². The molecule has 126 valence electrons. The van der Waals surface area contributed by atoms with Crippen LogP contribution >= 0.6 is 11.6 Å². The number of hydrogen-bond donors (Lipinski definition) is 1. The number of hydrogen-bond acceptors (Lipinski definition) is 3. The second kappa shape index (κ2) is 6.01. The standard InChI is InChI=1S/C19H16ClFN4/c1-11-4-3-5-12(2)17(11)25-10-14(21)8-24-19(25)16-9-23-18-15(16)6-13(20)7-22-18/h3-9H,10H2,1-2H3,(H,22,23). The zero-order valence-electron chi connectivity index (χ0n) is 13.8. The maximum Gasteiger partial charge on any atom is 0.142 e. The third-order valence-corrected chi connectivity index (χ3v) is 4.55. The Bertz CT molecular complexity index is 1010. The van der Waals surface area contributed by atoms with Crippen molar-refractivity contribution in [1.82, 2.24) is 9.97 Å². The van der Waals surface area contributed by atoms with Gasteiger partial charge in [-0.3, -0.25) is 0 Å². The number of nitrogens with one attached hydrogen (secondary N) is 1. The number of aromatic amines is 1. The minimum Gasteiger partial charge on any atom is -0.345 e. The van der Waals surface area contributed by atoms with E-state index in [0.29, 0.717) is 10.9 Å². The van der Waals surface area contributed by atoms with E-state index < -0.39 is 0 Å². The van der Waals surface area contributed by atoms with E-state index in [9.17, 15) is 4.39 Å². The summed E-state index contributed by atoms with van der Waals surface area (Å²) >= 11 is 6.11. The molecule has 4 nitrogen and oxygen atoms in total. The van der Waals surface area contributed by atoms with Crippen LogP contribution in [0.3, 0.4) is 0 Å². The second-order valence-electron chi connectivity index (χ2n) is 6.11. The molecule has 1 N–H and O–H groups in total. The summed E-state index contributed by atoms with van der Waals surface area (Å²) in [7, 11) is 0. The van der Waals surface area contributed by atoms with Gasteiger partial charge in [-0.2, -0.15) is 0 Å². The lowest BCUT2D eigenvalue weighted by molar-refractivity contribution is 0.609. The van der Waals surface area contributed by atoms with E-state index in [4.69, 9.17) is 11.6 Å². The molecule has 0 bridgehead atoms. The van der Waals surface area contributed by atoms with Crippen LogP contribution in [0, 0.1) is 13.8 Å². The predicted molar refractivity (Wildman–Crippen MR) is 100 cm³/mol. The van der Waals surface area contributed by atoms with E-state index in [1.807, 2.05) is 49.2 Å². The highest BCUT2D eigenvalue weighted by atomic mass is 35.5. The van der Waals surface area contributed by atoms with Crippen molar-refractivity contribution in [3.63, 3.8) is 0 Å². The highest BCUT2D eigenvalue weighted by molar-refractivity contribution is 6.31. The van der Waals surface area contributed by atoms with Gasteiger partial charge in [-0.25, -0.2) is 14.4 Å². The molecule has 0 unspecified atom stereocenters. The molecule has 0 saturated heterocycles. The summed E-state index contributed by atoms with van der Waals surface area (Å²) in [6.07, 6.45) is 4.70. The molecule has 4 rings (SSSR count). The molecule has 1 aliphatic heterocycles. The number of benzene rings is 1. The number of anilines is 1. The fourth-order valence-corrected chi connectivity index (χ4v) is 3.42. The van der Waals surface area contributed by atoms with Crippen LogP contribution in [-0.4, -0.2) is 22.3 Å². The molecule has 25 heavy (non-hydrogen) atoms. The van der Waals surface area contributed by atoms with Gasteiger partial charge in [-0.15, -0.1) is 0 Å². The number of para-hydroxylation sites is 1. The van der Waals surface area contributed by atoms with Gasteiger partial charge in [0, 0.05) is 29.0 Å². The van der Waals surface area contributed by atoms with Crippen LogP contribution in [0.4, 0.5) is 10.1 Å². The average Bonchev–Trinajstić information content (AvgIpc) is 2.98. The van der Waals surface area contributed by atoms with Crippen LogP contribution in [0.5, 0.6) is 0 Å². The molecule has 0 spiro atoms. The number of aromatic nitrogens is 2. The number of halogens is 2. The lowest BCUT2D eigenvalue weighted by Crippen LogP contribution is -2.35.